The average Bonchev–Trinajstić information content (AvgIpc) is 2.68. The molecule has 29 heavy (non-hydrogen) atoms. The monoisotopic (exact) mass is 446 g/mol. The van der Waals surface area contributed by atoms with Crippen LogP contribution in [0.2, 0.25) is 0 Å². The number of piperazine rings is 1. The summed E-state index contributed by atoms with van der Waals surface area (Å²) in [5, 5.41) is 3.02. The van der Waals surface area contributed by atoms with Crippen LogP contribution in [0.15, 0.2) is 24.3 Å². The first-order chi connectivity index (χ1) is 13.1. The first kappa shape index (κ1) is 27.7. The summed E-state index contributed by atoms with van der Waals surface area (Å²) >= 11 is 0. The van der Waals surface area contributed by atoms with E-state index >= 15 is 0 Å². The van der Waals surface area contributed by atoms with E-state index in [2.05, 4.69) is 17.1 Å². The van der Waals surface area contributed by atoms with E-state index < -0.39 is 0 Å². The van der Waals surface area contributed by atoms with Crippen molar-refractivity contribution in [3.63, 3.8) is 0 Å². The molecule has 1 aromatic carbocycles. The van der Waals surface area contributed by atoms with E-state index in [9.17, 15) is 9.59 Å². The van der Waals surface area contributed by atoms with Gasteiger partial charge >= 0.3 is 0 Å². The van der Waals surface area contributed by atoms with Gasteiger partial charge in [0.25, 0.3) is 0 Å². The minimum atomic E-state index is 0. The Balaban J connectivity index is 0.00000392. The first-order valence-electron chi connectivity index (χ1n) is 10.2. The van der Waals surface area contributed by atoms with Gasteiger partial charge in [-0.2, -0.15) is 0 Å². The Kier molecular flexibility index (Phi) is 14.8. The zero-order valence-corrected chi connectivity index (χ0v) is 19.0. The zero-order chi connectivity index (χ0) is 19.5. The van der Waals surface area contributed by atoms with Crippen LogP contribution in [-0.2, 0) is 16.0 Å². The van der Waals surface area contributed by atoms with Crippen molar-refractivity contribution in [2.45, 2.75) is 45.4 Å². The lowest BCUT2D eigenvalue weighted by atomic mass is 10.1. The van der Waals surface area contributed by atoms with Crippen LogP contribution in [0.5, 0.6) is 0 Å². The molecule has 6 nitrogen and oxygen atoms in total. The summed E-state index contributed by atoms with van der Waals surface area (Å²) in [6.07, 6.45) is 5.68. The van der Waals surface area contributed by atoms with Crippen molar-refractivity contribution in [2.75, 3.05) is 44.6 Å². The molecule has 1 aliphatic heterocycles. The number of rotatable bonds is 10. The number of hydrogen-bond donors (Lipinski definition) is 2. The van der Waals surface area contributed by atoms with Gasteiger partial charge in [-0.1, -0.05) is 38.0 Å². The van der Waals surface area contributed by atoms with Crippen LogP contribution < -0.4 is 11.1 Å². The van der Waals surface area contributed by atoms with E-state index in [0.717, 1.165) is 63.0 Å². The molecule has 1 saturated heterocycles. The summed E-state index contributed by atoms with van der Waals surface area (Å²) in [4.78, 5) is 28.7. The predicted octanol–water partition coefficient (Wildman–Crippen LogP) is 3.08. The SMILES string of the molecule is CCc1ccccc1NC(=O)CN1CCN(C(=O)CCCCCCN)CC1.Cl.Cl. The summed E-state index contributed by atoms with van der Waals surface area (Å²) in [7, 11) is 0. The zero-order valence-electron chi connectivity index (χ0n) is 17.4. The molecule has 0 aliphatic carbocycles. The number of amides is 2. The molecule has 1 aliphatic rings. The van der Waals surface area contributed by atoms with Gasteiger partial charge in [-0.25, -0.2) is 0 Å². The van der Waals surface area contributed by atoms with E-state index in [1.807, 2.05) is 29.2 Å². The number of anilines is 1. The van der Waals surface area contributed by atoms with Crippen molar-refractivity contribution in [1.29, 1.82) is 0 Å². The van der Waals surface area contributed by atoms with Gasteiger partial charge in [-0.3, -0.25) is 14.5 Å². The number of halogens is 2. The number of nitrogens with zero attached hydrogens (tertiary/aromatic N) is 2. The van der Waals surface area contributed by atoms with Crippen LogP contribution >= 0.6 is 24.8 Å². The normalized spacial score (nSPS) is 13.9. The van der Waals surface area contributed by atoms with Gasteiger partial charge in [0.2, 0.25) is 11.8 Å². The summed E-state index contributed by atoms with van der Waals surface area (Å²) in [6, 6.07) is 7.91. The maximum Gasteiger partial charge on any atom is 0.238 e. The molecule has 0 bridgehead atoms. The van der Waals surface area contributed by atoms with Crippen molar-refractivity contribution in [3.8, 4) is 0 Å². The van der Waals surface area contributed by atoms with Crippen molar-refractivity contribution >= 4 is 42.3 Å². The number of nitrogens with two attached hydrogens (primary N) is 1. The van der Waals surface area contributed by atoms with Crippen molar-refractivity contribution in [3.05, 3.63) is 29.8 Å². The molecular formula is C21H36Cl2N4O2. The standard InChI is InChI=1S/C21H34N4O2.2ClH/c1-2-18-9-6-7-10-19(18)23-20(26)17-24-13-15-25(16-14-24)21(27)11-5-3-4-8-12-22;;/h6-7,9-10H,2-5,8,11-17,22H2,1H3,(H,23,26);2*1H. The lowest BCUT2D eigenvalue weighted by molar-refractivity contribution is -0.133. The topological polar surface area (TPSA) is 78.7 Å². The van der Waals surface area contributed by atoms with Crippen LogP contribution in [0.4, 0.5) is 5.69 Å². The first-order valence-corrected chi connectivity index (χ1v) is 10.2. The molecule has 8 heteroatoms. The maximum atomic E-state index is 12.3. The third-order valence-corrected chi connectivity index (χ3v) is 5.11. The highest BCUT2D eigenvalue weighted by atomic mass is 35.5. The largest absolute Gasteiger partial charge is 0.340 e. The van der Waals surface area contributed by atoms with Crippen molar-refractivity contribution in [1.82, 2.24) is 9.80 Å². The summed E-state index contributed by atoms with van der Waals surface area (Å²) < 4.78 is 0. The summed E-state index contributed by atoms with van der Waals surface area (Å²) in [6.45, 7) is 6.11. The number of benzene rings is 1. The van der Waals surface area contributed by atoms with Gasteiger partial charge in [0, 0.05) is 38.3 Å². The second kappa shape index (κ2) is 15.5. The quantitative estimate of drug-likeness (QED) is 0.541. The van der Waals surface area contributed by atoms with Crippen molar-refractivity contribution < 1.29 is 9.59 Å². The molecule has 0 radical (unpaired) electrons. The van der Waals surface area contributed by atoms with E-state index in [4.69, 9.17) is 5.73 Å². The molecule has 0 unspecified atom stereocenters. The Morgan fingerprint density at radius 3 is 2.31 bits per heavy atom. The van der Waals surface area contributed by atoms with Gasteiger partial charge < -0.3 is 16.0 Å². The minimum absolute atomic E-state index is 0. The molecular weight excluding hydrogens is 411 g/mol. The minimum Gasteiger partial charge on any atom is -0.340 e. The fourth-order valence-corrected chi connectivity index (χ4v) is 3.43. The second-order valence-corrected chi connectivity index (χ2v) is 7.17. The Bertz CT molecular complexity index is 608. The second-order valence-electron chi connectivity index (χ2n) is 7.17. The van der Waals surface area contributed by atoms with Gasteiger partial charge in [0.15, 0.2) is 0 Å². The van der Waals surface area contributed by atoms with E-state index in [-0.39, 0.29) is 36.6 Å². The molecule has 0 spiro atoms. The number of hydrogen-bond acceptors (Lipinski definition) is 4. The average molecular weight is 447 g/mol. The van der Waals surface area contributed by atoms with Gasteiger partial charge in [0.05, 0.1) is 6.54 Å². The maximum absolute atomic E-state index is 12.3. The third-order valence-electron chi connectivity index (χ3n) is 5.11. The molecule has 0 aromatic heterocycles. The fraction of sp³-hybridized carbons (Fsp3) is 0.619. The predicted molar refractivity (Wildman–Crippen MR) is 124 cm³/mol. The van der Waals surface area contributed by atoms with Gasteiger partial charge in [-0.15, -0.1) is 24.8 Å². The fourth-order valence-electron chi connectivity index (χ4n) is 3.43. The number of nitrogens with one attached hydrogen (secondary N) is 1. The Hall–Kier alpha value is -1.34. The van der Waals surface area contributed by atoms with Gasteiger partial charge in [-0.05, 0) is 37.4 Å². The molecule has 0 atom stereocenters. The molecule has 1 fully saturated rings. The van der Waals surface area contributed by atoms with Crippen molar-refractivity contribution in [2.24, 2.45) is 5.73 Å². The smallest absolute Gasteiger partial charge is 0.238 e. The number of aryl methyl sites for hydroxylation is 1. The van der Waals surface area contributed by atoms with Gasteiger partial charge in [0.1, 0.15) is 0 Å². The molecule has 2 amide bonds. The number of carbonyl (C=O) groups is 2. The lowest BCUT2D eigenvalue weighted by Crippen LogP contribution is -2.50. The Morgan fingerprint density at radius 2 is 1.66 bits per heavy atom. The molecule has 166 valence electrons. The van der Waals surface area contributed by atoms with E-state index in [0.29, 0.717) is 26.1 Å². The number of unbranched alkanes of at least 4 members (excludes halogenated alkanes) is 3. The Morgan fingerprint density at radius 1 is 1.00 bits per heavy atom. The highest BCUT2D eigenvalue weighted by Crippen LogP contribution is 2.15. The molecule has 3 N–H and O–H groups in total. The molecule has 1 aromatic rings. The van der Waals surface area contributed by atoms with Crippen LogP contribution in [0.25, 0.3) is 0 Å². The van der Waals surface area contributed by atoms with E-state index in [1.54, 1.807) is 0 Å². The lowest BCUT2D eigenvalue weighted by Gasteiger charge is -2.34. The van der Waals surface area contributed by atoms with Crippen LogP contribution in [0, 0.1) is 0 Å². The Labute approximate surface area is 187 Å². The summed E-state index contributed by atoms with van der Waals surface area (Å²) in [5.41, 5.74) is 7.53. The van der Waals surface area contributed by atoms with Crippen LogP contribution in [-0.4, -0.2) is 60.9 Å². The van der Waals surface area contributed by atoms with Crippen LogP contribution in [0.1, 0.15) is 44.6 Å². The highest BCUT2D eigenvalue weighted by molar-refractivity contribution is 5.93. The molecule has 0 saturated carbocycles. The summed E-state index contributed by atoms with van der Waals surface area (Å²) in [5.74, 6) is 0.249. The highest BCUT2D eigenvalue weighted by Gasteiger charge is 2.22. The van der Waals surface area contributed by atoms with Crippen LogP contribution in [0.3, 0.4) is 0 Å². The number of para-hydroxylation sites is 1. The van der Waals surface area contributed by atoms with E-state index in [1.165, 1.54) is 0 Å². The molecule has 2 rings (SSSR count). The number of carbonyl (C=O) groups excluding carboxylic acids is 2. The third kappa shape index (κ3) is 9.81. The molecule has 1 heterocycles.